The second-order valence-corrected chi connectivity index (χ2v) is 11.4. The minimum absolute atomic E-state index is 0.323. The van der Waals surface area contributed by atoms with Crippen LogP contribution in [0.1, 0.15) is 65.2 Å². The van der Waals surface area contributed by atoms with Crippen molar-refractivity contribution in [2.75, 3.05) is 13.2 Å². The molecule has 0 aromatic carbocycles. The number of fused-ring (bicyclic) bond motifs is 5. The van der Waals surface area contributed by atoms with Gasteiger partial charge in [0.1, 0.15) is 0 Å². The summed E-state index contributed by atoms with van der Waals surface area (Å²) in [6, 6.07) is 0. The van der Waals surface area contributed by atoms with E-state index >= 15 is 0 Å². The van der Waals surface area contributed by atoms with Gasteiger partial charge in [-0.15, -0.1) is 0 Å². The van der Waals surface area contributed by atoms with Gasteiger partial charge in [0.05, 0.1) is 24.7 Å². The van der Waals surface area contributed by atoms with Gasteiger partial charge in [-0.05, 0) is 67.8 Å². The van der Waals surface area contributed by atoms with Crippen molar-refractivity contribution >= 4 is 5.97 Å². The zero-order chi connectivity index (χ0) is 22.9. The summed E-state index contributed by atoms with van der Waals surface area (Å²) in [4.78, 5) is 11.4. The number of rotatable bonds is 4. The summed E-state index contributed by atoms with van der Waals surface area (Å²) >= 11 is 0. The van der Waals surface area contributed by atoms with Gasteiger partial charge < -0.3 is 19.7 Å². The molecule has 32 heavy (non-hydrogen) atoms. The molecule has 3 saturated carbocycles. The second-order valence-electron chi connectivity index (χ2n) is 11.4. The highest BCUT2D eigenvalue weighted by molar-refractivity contribution is 5.70. The first-order chi connectivity index (χ1) is 15.1. The molecule has 1 saturated heterocycles. The molecule has 1 heterocycles. The SMILES string of the molecule is C=C1C[C@@]2(C)[C@@H](CC[C@]2(O)C(=C)CC(C)C(=O)O)[C@@H]2CC=C3CC4(CC[C@@H]3[C@@H]12)OCCO4. The van der Waals surface area contributed by atoms with Gasteiger partial charge in [-0.25, -0.2) is 0 Å². The Morgan fingerprint density at radius 2 is 1.97 bits per heavy atom. The predicted molar refractivity (Wildman–Crippen MR) is 122 cm³/mol. The smallest absolute Gasteiger partial charge is 0.306 e. The molecular formula is C27H38O5. The first-order valence-corrected chi connectivity index (χ1v) is 12.4. The third kappa shape index (κ3) is 3.11. The Hall–Kier alpha value is -1.43. The van der Waals surface area contributed by atoms with Gasteiger partial charge in [0.25, 0.3) is 0 Å². The van der Waals surface area contributed by atoms with Gasteiger partial charge in [0.2, 0.25) is 0 Å². The van der Waals surface area contributed by atoms with E-state index < -0.39 is 23.3 Å². The van der Waals surface area contributed by atoms with Crippen molar-refractivity contribution in [3.05, 3.63) is 36.0 Å². The Morgan fingerprint density at radius 3 is 2.66 bits per heavy atom. The molecule has 5 rings (SSSR count). The lowest BCUT2D eigenvalue weighted by molar-refractivity contribution is -0.175. The summed E-state index contributed by atoms with van der Waals surface area (Å²) in [6.45, 7) is 14.1. The number of aliphatic hydroxyl groups is 1. The van der Waals surface area contributed by atoms with Crippen molar-refractivity contribution in [3.8, 4) is 0 Å². The van der Waals surface area contributed by atoms with Crippen molar-refractivity contribution in [2.24, 2.45) is 35.0 Å². The van der Waals surface area contributed by atoms with E-state index in [1.54, 1.807) is 6.92 Å². The molecular weight excluding hydrogens is 404 g/mol. The van der Waals surface area contributed by atoms with E-state index in [4.69, 9.17) is 9.47 Å². The maximum Gasteiger partial charge on any atom is 0.306 e. The topological polar surface area (TPSA) is 76.0 Å². The summed E-state index contributed by atoms with van der Waals surface area (Å²) in [5.41, 5.74) is 2.07. The molecule has 176 valence electrons. The van der Waals surface area contributed by atoms with Gasteiger partial charge >= 0.3 is 5.97 Å². The minimum Gasteiger partial charge on any atom is -0.481 e. The Morgan fingerprint density at radius 1 is 1.25 bits per heavy atom. The van der Waals surface area contributed by atoms with Gasteiger partial charge in [-0.1, -0.05) is 44.2 Å². The minimum atomic E-state index is -1.03. The lowest BCUT2D eigenvalue weighted by atomic mass is 9.49. The van der Waals surface area contributed by atoms with Crippen LogP contribution in [-0.2, 0) is 14.3 Å². The first kappa shape index (κ1) is 22.4. The van der Waals surface area contributed by atoms with Crippen molar-refractivity contribution in [1.29, 1.82) is 0 Å². The van der Waals surface area contributed by atoms with Crippen LogP contribution in [0.4, 0.5) is 0 Å². The molecule has 0 bridgehead atoms. The maximum atomic E-state index is 11.9. The molecule has 0 aromatic heterocycles. The summed E-state index contributed by atoms with van der Waals surface area (Å²) in [7, 11) is 0. The van der Waals surface area contributed by atoms with Crippen LogP contribution in [0.5, 0.6) is 0 Å². The van der Waals surface area contributed by atoms with E-state index in [1.165, 1.54) is 11.1 Å². The quantitative estimate of drug-likeness (QED) is 0.608. The highest BCUT2D eigenvalue weighted by Gasteiger charge is 2.64. The number of carboxylic acids is 1. The van der Waals surface area contributed by atoms with E-state index in [0.717, 1.165) is 38.5 Å². The Bertz CT molecular complexity index is 867. The number of allylic oxidation sites excluding steroid dienone is 2. The van der Waals surface area contributed by atoms with Crippen LogP contribution in [0.15, 0.2) is 36.0 Å². The lowest BCUT2D eigenvalue weighted by Gasteiger charge is -2.57. The molecule has 0 aromatic rings. The summed E-state index contributed by atoms with van der Waals surface area (Å²) in [6.07, 6.45) is 9.10. The summed E-state index contributed by atoms with van der Waals surface area (Å²) in [5.74, 6) is 0.0712. The van der Waals surface area contributed by atoms with E-state index in [1.807, 2.05) is 0 Å². The lowest BCUT2D eigenvalue weighted by Crippen LogP contribution is -2.54. The molecule has 5 nitrogen and oxygen atoms in total. The maximum absolute atomic E-state index is 11.9. The van der Waals surface area contributed by atoms with Gasteiger partial charge in [0.15, 0.2) is 5.79 Å². The number of hydrogen-bond acceptors (Lipinski definition) is 4. The molecule has 1 spiro atoms. The van der Waals surface area contributed by atoms with Crippen molar-refractivity contribution in [2.45, 2.75) is 76.6 Å². The molecule has 4 fully saturated rings. The fourth-order valence-corrected chi connectivity index (χ4v) is 8.24. The molecule has 1 aliphatic heterocycles. The molecule has 2 N–H and O–H groups in total. The predicted octanol–water partition coefficient (Wildman–Crippen LogP) is 4.87. The van der Waals surface area contributed by atoms with Crippen molar-refractivity contribution in [3.63, 3.8) is 0 Å². The third-order valence-electron chi connectivity index (χ3n) is 9.87. The van der Waals surface area contributed by atoms with Gasteiger partial charge in [-0.2, -0.15) is 0 Å². The number of hydrogen-bond donors (Lipinski definition) is 2. The number of aliphatic carboxylic acids is 1. The van der Waals surface area contributed by atoms with E-state index in [2.05, 4.69) is 26.2 Å². The standard InChI is InChI=1S/C27H38O5/c1-16(24(28)29)13-18(3)27(30)10-8-22-21-6-5-19-15-26(31-11-12-32-26)9-7-20(19)23(21)17(2)14-25(22,27)4/h5,16,20-23,30H,2-3,6-15H2,1,4H3,(H,28,29)/t16?,20-,21-,22-,23+,25-,27-/m0/s1. The molecule has 0 amide bonds. The van der Waals surface area contributed by atoms with E-state index in [-0.39, 0.29) is 5.41 Å². The number of carbonyl (C=O) groups is 1. The number of carboxylic acid groups (broad SMARTS) is 1. The fraction of sp³-hybridized carbons (Fsp3) is 0.741. The van der Waals surface area contributed by atoms with Crippen molar-refractivity contribution in [1.82, 2.24) is 0 Å². The molecule has 7 atom stereocenters. The summed E-state index contributed by atoms with van der Waals surface area (Å²) in [5, 5.41) is 21.3. The van der Waals surface area contributed by atoms with Crippen molar-refractivity contribution < 1.29 is 24.5 Å². The zero-order valence-electron chi connectivity index (χ0n) is 19.6. The molecule has 0 radical (unpaired) electrons. The highest BCUT2D eigenvalue weighted by Crippen LogP contribution is 2.67. The van der Waals surface area contributed by atoms with Crippen LogP contribution in [0, 0.1) is 35.0 Å². The van der Waals surface area contributed by atoms with E-state index in [0.29, 0.717) is 55.3 Å². The molecule has 5 heteroatoms. The van der Waals surface area contributed by atoms with Gasteiger partial charge in [0, 0.05) is 18.3 Å². The van der Waals surface area contributed by atoms with Crippen LogP contribution >= 0.6 is 0 Å². The third-order valence-corrected chi connectivity index (χ3v) is 9.87. The van der Waals surface area contributed by atoms with Crippen LogP contribution in [0.3, 0.4) is 0 Å². The fourth-order valence-electron chi connectivity index (χ4n) is 8.24. The monoisotopic (exact) mass is 442 g/mol. The molecule has 4 aliphatic carbocycles. The Balaban J connectivity index is 1.40. The highest BCUT2D eigenvalue weighted by atomic mass is 16.7. The first-order valence-electron chi connectivity index (χ1n) is 12.4. The summed E-state index contributed by atoms with van der Waals surface area (Å²) < 4.78 is 12.0. The average Bonchev–Trinajstić information content (AvgIpc) is 3.30. The largest absolute Gasteiger partial charge is 0.481 e. The number of ether oxygens (including phenoxy) is 2. The van der Waals surface area contributed by atoms with E-state index in [9.17, 15) is 15.0 Å². The Labute approximate surface area is 191 Å². The van der Waals surface area contributed by atoms with Gasteiger partial charge in [-0.3, -0.25) is 4.79 Å². The van der Waals surface area contributed by atoms with Crippen LogP contribution < -0.4 is 0 Å². The average molecular weight is 443 g/mol. The van der Waals surface area contributed by atoms with Crippen LogP contribution in [0.2, 0.25) is 0 Å². The second kappa shape index (κ2) is 7.54. The Kier molecular flexibility index (Phi) is 5.27. The van der Waals surface area contributed by atoms with Crippen LogP contribution in [0.25, 0.3) is 0 Å². The molecule has 5 aliphatic rings. The normalized spacial score (nSPS) is 43.2. The van der Waals surface area contributed by atoms with Crippen LogP contribution in [-0.4, -0.2) is 40.8 Å². The molecule has 1 unspecified atom stereocenters. The zero-order valence-corrected chi connectivity index (χ0v) is 19.6.